The molecule has 3 rings (SSSR count). The minimum atomic E-state index is -4.53. The predicted octanol–water partition coefficient (Wildman–Crippen LogP) is 3.71. The smallest absolute Gasteiger partial charge is 0.322 e. The van der Waals surface area contributed by atoms with Crippen molar-refractivity contribution in [1.82, 2.24) is 4.72 Å². The molecule has 0 aromatic heterocycles. The van der Waals surface area contributed by atoms with Crippen molar-refractivity contribution >= 4 is 21.6 Å². The van der Waals surface area contributed by atoms with E-state index in [1.807, 2.05) is 0 Å². The van der Waals surface area contributed by atoms with Crippen molar-refractivity contribution in [3.63, 3.8) is 0 Å². The highest BCUT2D eigenvalue weighted by Crippen LogP contribution is 2.33. The van der Waals surface area contributed by atoms with Gasteiger partial charge in [-0.05, 0) is 55.7 Å². The van der Waals surface area contributed by atoms with Crippen LogP contribution < -0.4 is 10.0 Å². The van der Waals surface area contributed by atoms with E-state index in [4.69, 9.17) is 0 Å². The van der Waals surface area contributed by atoms with Crippen LogP contribution in [0, 0.1) is 6.92 Å². The van der Waals surface area contributed by atoms with Crippen LogP contribution in [0.2, 0.25) is 0 Å². The van der Waals surface area contributed by atoms with Gasteiger partial charge < -0.3 is 5.32 Å². The molecule has 0 bridgehead atoms. The molecule has 2 N–H and O–H groups in total. The van der Waals surface area contributed by atoms with Gasteiger partial charge in [-0.1, -0.05) is 12.1 Å². The maximum absolute atomic E-state index is 13.0. The zero-order chi connectivity index (χ0) is 19.8. The average Bonchev–Trinajstić information content (AvgIpc) is 3.39. The van der Waals surface area contributed by atoms with E-state index in [9.17, 15) is 26.4 Å². The molecule has 0 radical (unpaired) electrons. The van der Waals surface area contributed by atoms with E-state index in [0.29, 0.717) is 0 Å². The van der Waals surface area contributed by atoms with Gasteiger partial charge in [0.15, 0.2) is 0 Å². The lowest BCUT2D eigenvalue weighted by Crippen LogP contribution is -2.26. The van der Waals surface area contributed by atoms with Crippen molar-refractivity contribution in [3.8, 4) is 0 Å². The van der Waals surface area contributed by atoms with Gasteiger partial charge >= 0.3 is 6.18 Å². The number of aryl methyl sites for hydroxylation is 1. The summed E-state index contributed by atoms with van der Waals surface area (Å²) < 4.78 is 66.0. The maximum Gasteiger partial charge on any atom is 0.416 e. The van der Waals surface area contributed by atoms with Crippen LogP contribution in [0.25, 0.3) is 0 Å². The summed E-state index contributed by atoms with van der Waals surface area (Å²) in [5.74, 6) is -0.699. The van der Waals surface area contributed by atoms with E-state index in [1.54, 1.807) is 0 Å². The Hall–Kier alpha value is -2.39. The topological polar surface area (TPSA) is 75.3 Å². The first-order valence-electron chi connectivity index (χ1n) is 8.18. The monoisotopic (exact) mass is 398 g/mol. The number of benzene rings is 2. The number of rotatable bonds is 5. The molecule has 5 nitrogen and oxygen atoms in total. The molecular formula is C18H17F3N2O3S. The molecule has 1 fully saturated rings. The Morgan fingerprint density at radius 1 is 1.11 bits per heavy atom. The number of hydrogen-bond donors (Lipinski definition) is 2. The average molecular weight is 398 g/mol. The molecule has 1 amide bonds. The predicted molar refractivity (Wildman–Crippen MR) is 93.9 cm³/mol. The highest BCUT2D eigenvalue weighted by atomic mass is 32.2. The number of amides is 1. The lowest BCUT2D eigenvalue weighted by molar-refractivity contribution is -0.138. The van der Waals surface area contributed by atoms with E-state index >= 15 is 0 Å². The van der Waals surface area contributed by atoms with Gasteiger partial charge in [-0.3, -0.25) is 4.79 Å². The van der Waals surface area contributed by atoms with Gasteiger partial charge in [0.2, 0.25) is 10.0 Å². The number of halogens is 3. The van der Waals surface area contributed by atoms with Crippen molar-refractivity contribution < 1.29 is 26.4 Å². The normalized spacial score (nSPS) is 14.8. The molecule has 1 aliphatic rings. The number of alkyl halides is 3. The molecular weight excluding hydrogens is 381 g/mol. The Labute approximate surface area is 154 Å². The Kier molecular flexibility index (Phi) is 5.00. The second-order valence-electron chi connectivity index (χ2n) is 6.40. The molecule has 2 aromatic carbocycles. The first kappa shape index (κ1) is 19.4. The highest BCUT2D eigenvalue weighted by molar-refractivity contribution is 7.89. The molecule has 0 unspecified atom stereocenters. The van der Waals surface area contributed by atoms with Crippen LogP contribution in [0.4, 0.5) is 18.9 Å². The third-order valence-electron chi connectivity index (χ3n) is 4.11. The Morgan fingerprint density at radius 3 is 2.44 bits per heavy atom. The van der Waals surface area contributed by atoms with Crippen molar-refractivity contribution in [3.05, 3.63) is 59.2 Å². The van der Waals surface area contributed by atoms with Crippen LogP contribution in [0.1, 0.15) is 34.3 Å². The fraction of sp³-hybridized carbons (Fsp3) is 0.278. The first-order chi connectivity index (χ1) is 12.6. The summed E-state index contributed by atoms with van der Waals surface area (Å²) in [6, 6.07) is 8.74. The maximum atomic E-state index is 13.0. The Balaban J connectivity index is 1.82. The van der Waals surface area contributed by atoms with Crippen LogP contribution in [0.3, 0.4) is 0 Å². The number of hydrogen-bond acceptors (Lipinski definition) is 3. The summed E-state index contributed by atoms with van der Waals surface area (Å²) in [4.78, 5) is 12.3. The Morgan fingerprint density at radius 2 is 1.81 bits per heavy atom. The van der Waals surface area contributed by atoms with Gasteiger partial charge in [0, 0.05) is 17.3 Å². The van der Waals surface area contributed by atoms with E-state index < -0.39 is 27.7 Å². The molecule has 1 saturated carbocycles. The Bertz CT molecular complexity index is 984. The molecule has 9 heteroatoms. The summed E-state index contributed by atoms with van der Waals surface area (Å²) >= 11 is 0. The molecule has 1 aliphatic carbocycles. The highest BCUT2D eigenvalue weighted by Gasteiger charge is 2.32. The molecule has 0 spiro atoms. The lowest BCUT2D eigenvalue weighted by Gasteiger charge is -2.13. The summed E-state index contributed by atoms with van der Waals surface area (Å²) in [6.45, 7) is 1.33. The van der Waals surface area contributed by atoms with Crippen LogP contribution in [-0.2, 0) is 16.2 Å². The fourth-order valence-electron chi connectivity index (χ4n) is 2.50. The summed E-state index contributed by atoms with van der Waals surface area (Å²) in [5.41, 5.74) is -0.796. The van der Waals surface area contributed by atoms with Gasteiger partial charge in [0.25, 0.3) is 5.91 Å². The minimum absolute atomic E-state index is 0.0257. The molecule has 27 heavy (non-hydrogen) atoms. The lowest BCUT2D eigenvalue weighted by atomic mass is 10.1. The molecule has 0 saturated heterocycles. The molecule has 0 heterocycles. The van der Waals surface area contributed by atoms with Gasteiger partial charge in [-0.2, -0.15) is 13.2 Å². The zero-order valence-electron chi connectivity index (χ0n) is 14.3. The van der Waals surface area contributed by atoms with E-state index in [0.717, 1.165) is 18.9 Å². The van der Waals surface area contributed by atoms with Crippen molar-refractivity contribution in [2.75, 3.05) is 5.32 Å². The number of carbonyl (C=O) groups excluding carboxylic acids is 1. The number of nitrogens with one attached hydrogen (secondary N) is 2. The SMILES string of the molecule is Cc1ccc(NC(=O)c2cccc(S(=O)(=O)NC3CC3)c2)cc1C(F)(F)F. The molecule has 144 valence electrons. The number of carbonyl (C=O) groups is 1. The molecule has 0 aliphatic heterocycles. The van der Waals surface area contributed by atoms with E-state index in [-0.39, 0.29) is 27.8 Å². The summed E-state index contributed by atoms with van der Waals surface area (Å²) in [5, 5.41) is 2.38. The minimum Gasteiger partial charge on any atom is -0.322 e. The van der Waals surface area contributed by atoms with Gasteiger partial charge in [-0.15, -0.1) is 0 Å². The van der Waals surface area contributed by atoms with E-state index in [2.05, 4.69) is 10.0 Å². The van der Waals surface area contributed by atoms with Gasteiger partial charge in [0.1, 0.15) is 0 Å². The summed E-state index contributed by atoms with van der Waals surface area (Å²) in [7, 11) is -3.74. The van der Waals surface area contributed by atoms with E-state index in [1.165, 1.54) is 43.3 Å². The van der Waals surface area contributed by atoms with Crippen molar-refractivity contribution in [1.29, 1.82) is 0 Å². The van der Waals surface area contributed by atoms with Crippen molar-refractivity contribution in [2.45, 2.75) is 36.9 Å². The van der Waals surface area contributed by atoms with Crippen LogP contribution in [0.5, 0.6) is 0 Å². The third-order valence-corrected chi connectivity index (χ3v) is 5.62. The van der Waals surface area contributed by atoms with Crippen LogP contribution in [-0.4, -0.2) is 20.4 Å². The number of sulfonamides is 1. The van der Waals surface area contributed by atoms with Crippen molar-refractivity contribution in [2.24, 2.45) is 0 Å². The van der Waals surface area contributed by atoms with Crippen LogP contribution in [0.15, 0.2) is 47.4 Å². The standard InChI is InChI=1S/C18H17F3N2O3S/c1-11-5-6-14(10-16(11)18(19,20)21)22-17(24)12-3-2-4-15(9-12)27(25,26)23-13-7-8-13/h2-6,9-10,13,23H,7-8H2,1H3,(H,22,24). The quantitative estimate of drug-likeness (QED) is 0.806. The molecule has 0 atom stereocenters. The van der Waals surface area contributed by atoms with Gasteiger partial charge in [0.05, 0.1) is 10.5 Å². The fourth-order valence-corrected chi connectivity index (χ4v) is 3.85. The first-order valence-corrected chi connectivity index (χ1v) is 9.66. The molecule has 2 aromatic rings. The van der Waals surface area contributed by atoms with Crippen LogP contribution >= 0.6 is 0 Å². The van der Waals surface area contributed by atoms with Gasteiger partial charge in [-0.25, -0.2) is 13.1 Å². The summed E-state index contributed by atoms with van der Waals surface area (Å²) in [6.07, 6.45) is -2.99. The number of anilines is 1. The largest absolute Gasteiger partial charge is 0.416 e. The second kappa shape index (κ2) is 6.97. The zero-order valence-corrected chi connectivity index (χ0v) is 15.1. The second-order valence-corrected chi connectivity index (χ2v) is 8.12. The third kappa shape index (κ3) is 4.67.